The lowest BCUT2D eigenvalue weighted by atomic mass is 9.38. The molecule has 0 bridgehead atoms. The molecule has 0 heterocycles. The molecule has 0 radical (unpaired) electrons. The van der Waals surface area contributed by atoms with Crippen LogP contribution in [-0.2, 0) is 9.47 Å². The maximum atomic E-state index is 5.29. The summed E-state index contributed by atoms with van der Waals surface area (Å²) in [5.41, 5.74) is 1.02. The largest absolute Gasteiger partial charge is 0.384 e. The molecule has 2 nitrogen and oxygen atoms in total. The summed E-state index contributed by atoms with van der Waals surface area (Å²) in [6, 6.07) is 0. The molecule has 2 rings (SSSR count). The first-order valence-electron chi connectivity index (χ1n) is 4.77. The highest BCUT2D eigenvalue weighted by atomic mass is 16.5. The Morgan fingerprint density at radius 3 is 1.33 bits per heavy atom. The molecule has 2 heteroatoms. The predicted molar refractivity (Wildman–Crippen MR) is 47.1 cm³/mol. The van der Waals surface area contributed by atoms with Crippen LogP contribution in [0.2, 0.25) is 0 Å². The van der Waals surface area contributed by atoms with E-state index >= 15 is 0 Å². The van der Waals surface area contributed by atoms with Gasteiger partial charge in [0.2, 0.25) is 0 Å². The van der Waals surface area contributed by atoms with Gasteiger partial charge in [-0.25, -0.2) is 0 Å². The van der Waals surface area contributed by atoms with Crippen LogP contribution in [0.25, 0.3) is 0 Å². The molecule has 2 aliphatic carbocycles. The quantitative estimate of drug-likeness (QED) is 0.641. The lowest BCUT2D eigenvalue weighted by Crippen LogP contribution is -2.63. The highest BCUT2D eigenvalue weighted by molar-refractivity contribution is 5.14. The van der Waals surface area contributed by atoms with Gasteiger partial charge >= 0.3 is 0 Å². The third-order valence-electron chi connectivity index (χ3n) is 4.13. The zero-order valence-corrected chi connectivity index (χ0v) is 8.06. The van der Waals surface area contributed by atoms with Gasteiger partial charge in [0.1, 0.15) is 0 Å². The Morgan fingerprint density at radius 2 is 1.17 bits per heavy atom. The van der Waals surface area contributed by atoms with Crippen LogP contribution < -0.4 is 0 Å². The second kappa shape index (κ2) is 2.71. The van der Waals surface area contributed by atoms with Crippen LogP contribution >= 0.6 is 0 Å². The maximum absolute atomic E-state index is 5.29. The summed E-state index contributed by atoms with van der Waals surface area (Å²) in [7, 11) is 3.62. The van der Waals surface area contributed by atoms with Crippen molar-refractivity contribution in [2.24, 2.45) is 10.8 Å². The number of hydrogen-bond acceptors (Lipinski definition) is 2. The number of fused-ring (bicyclic) bond motifs is 1. The molecular weight excluding hydrogens is 152 g/mol. The number of hydrogen-bond donors (Lipinski definition) is 0. The minimum absolute atomic E-state index is 0.512. The Balaban J connectivity index is 2.00. The van der Waals surface area contributed by atoms with Crippen LogP contribution in [-0.4, -0.2) is 27.4 Å². The van der Waals surface area contributed by atoms with Crippen molar-refractivity contribution in [1.29, 1.82) is 0 Å². The molecule has 0 aromatic heterocycles. The van der Waals surface area contributed by atoms with Crippen LogP contribution in [0.1, 0.15) is 25.7 Å². The summed E-state index contributed by atoms with van der Waals surface area (Å²) >= 11 is 0. The molecule has 0 aliphatic heterocycles. The molecule has 0 spiro atoms. The molecular formula is C10H18O2. The second-order valence-electron chi connectivity index (χ2n) is 4.43. The van der Waals surface area contributed by atoms with Crippen molar-refractivity contribution in [2.45, 2.75) is 25.7 Å². The van der Waals surface area contributed by atoms with E-state index in [0.717, 1.165) is 13.2 Å². The number of methoxy groups -OCH3 is 2. The Labute approximate surface area is 74.2 Å². The SMILES string of the molecule is COCC12CCC1(COC)CC2. The minimum Gasteiger partial charge on any atom is -0.384 e. The van der Waals surface area contributed by atoms with Gasteiger partial charge in [0, 0.05) is 25.0 Å². The summed E-state index contributed by atoms with van der Waals surface area (Å²) < 4.78 is 10.6. The first-order chi connectivity index (χ1) is 5.79. The molecule has 0 N–H and O–H groups in total. The third kappa shape index (κ3) is 0.826. The highest BCUT2D eigenvalue weighted by Gasteiger charge is 2.65. The van der Waals surface area contributed by atoms with Gasteiger partial charge in [0.15, 0.2) is 0 Å². The van der Waals surface area contributed by atoms with E-state index in [2.05, 4.69) is 0 Å². The van der Waals surface area contributed by atoms with E-state index in [1.165, 1.54) is 25.7 Å². The van der Waals surface area contributed by atoms with Crippen LogP contribution in [0, 0.1) is 10.8 Å². The standard InChI is InChI=1S/C10H18O2/c1-11-7-9-3-5-10(9,6-4-9)8-12-2/h3-8H2,1-2H3. The van der Waals surface area contributed by atoms with Crippen molar-refractivity contribution < 1.29 is 9.47 Å². The zero-order chi connectivity index (χ0) is 8.66. The van der Waals surface area contributed by atoms with Crippen molar-refractivity contribution in [1.82, 2.24) is 0 Å². The fraction of sp³-hybridized carbons (Fsp3) is 1.00. The molecule has 2 aliphatic rings. The van der Waals surface area contributed by atoms with Gasteiger partial charge in [0.25, 0.3) is 0 Å². The van der Waals surface area contributed by atoms with Crippen molar-refractivity contribution in [3.8, 4) is 0 Å². The molecule has 0 aromatic carbocycles. The van der Waals surface area contributed by atoms with E-state index in [1.54, 1.807) is 0 Å². The van der Waals surface area contributed by atoms with E-state index in [-0.39, 0.29) is 0 Å². The van der Waals surface area contributed by atoms with E-state index < -0.39 is 0 Å². The minimum atomic E-state index is 0.512. The van der Waals surface area contributed by atoms with Crippen LogP contribution in [0.15, 0.2) is 0 Å². The fourth-order valence-corrected chi connectivity index (χ4v) is 3.06. The van der Waals surface area contributed by atoms with Crippen molar-refractivity contribution in [2.75, 3.05) is 27.4 Å². The summed E-state index contributed by atoms with van der Waals surface area (Å²) in [5.74, 6) is 0. The molecule has 0 atom stereocenters. The first-order valence-corrected chi connectivity index (χ1v) is 4.77. The normalized spacial score (nSPS) is 44.5. The second-order valence-corrected chi connectivity index (χ2v) is 4.43. The van der Waals surface area contributed by atoms with Crippen LogP contribution in [0.3, 0.4) is 0 Å². The molecule has 0 unspecified atom stereocenters. The lowest BCUT2D eigenvalue weighted by molar-refractivity contribution is -0.229. The molecule has 0 amide bonds. The summed E-state index contributed by atoms with van der Waals surface area (Å²) in [6.45, 7) is 1.88. The van der Waals surface area contributed by atoms with Gasteiger partial charge in [-0.2, -0.15) is 0 Å². The van der Waals surface area contributed by atoms with Crippen molar-refractivity contribution in [3.05, 3.63) is 0 Å². The van der Waals surface area contributed by atoms with Gasteiger partial charge in [-0.3, -0.25) is 0 Å². The van der Waals surface area contributed by atoms with Gasteiger partial charge < -0.3 is 9.47 Å². The van der Waals surface area contributed by atoms with E-state index in [4.69, 9.17) is 9.47 Å². The summed E-state index contributed by atoms with van der Waals surface area (Å²) in [6.07, 6.45) is 5.41. The molecule has 0 aromatic rings. The Morgan fingerprint density at radius 1 is 0.833 bits per heavy atom. The average molecular weight is 170 g/mol. The van der Waals surface area contributed by atoms with Crippen LogP contribution in [0.5, 0.6) is 0 Å². The first kappa shape index (κ1) is 8.52. The molecule has 12 heavy (non-hydrogen) atoms. The lowest BCUT2D eigenvalue weighted by Gasteiger charge is -2.67. The predicted octanol–water partition coefficient (Wildman–Crippen LogP) is 1.84. The van der Waals surface area contributed by atoms with Crippen LogP contribution in [0.4, 0.5) is 0 Å². The number of rotatable bonds is 4. The highest BCUT2D eigenvalue weighted by Crippen LogP contribution is 2.70. The zero-order valence-electron chi connectivity index (χ0n) is 8.06. The van der Waals surface area contributed by atoms with E-state index in [0.29, 0.717) is 10.8 Å². The third-order valence-corrected chi connectivity index (χ3v) is 4.13. The Kier molecular flexibility index (Phi) is 1.92. The Hall–Kier alpha value is -0.0800. The van der Waals surface area contributed by atoms with Gasteiger partial charge in [-0.1, -0.05) is 0 Å². The van der Waals surface area contributed by atoms with Gasteiger partial charge in [-0.15, -0.1) is 0 Å². The fourth-order valence-electron chi connectivity index (χ4n) is 3.06. The smallest absolute Gasteiger partial charge is 0.0524 e. The number of ether oxygens (including phenoxy) is 2. The molecule has 2 fully saturated rings. The van der Waals surface area contributed by atoms with E-state index in [1.807, 2.05) is 14.2 Å². The summed E-state index contributed by atoms with van der Waals surface area (Å²) in [5, 5.41) is 0. The summed E-state index contributed by atoms with van der Waals surface area (Å²) in [4.78, 5) is 0. The molecule has 70 valence electrons. The van der Waals surface area contributed by atoms with Crippen molar-refractivity contribution in [3.63, 3.8) is 0 Å². The van der Waals surface area contributed by atoms with E-state index in [9.17, 15) is 0 Å². The average Bonchev–Trinajstić information content (AvgIpc) is 2.09. The molecule has 0 saturated heterocycles. The van der Waals surface area contributed by atoms with Gasteiger partial charge in [-0.05, 0) is 25.7 Å². The molecule has 2 saturated carbocycles. The maximum Gasteiger partial charge on any atom is 0.0524 e. The Bertz CT molecular complexity index is 149. The van der Waals surface area contributed by atoms with Gasteiger partial charge in [0.05, 0.1) is 13.2 Å². The monoisotopic (exact) mass is 170 g/mol. The topological polar surface area (TPSA) is 18.5 Å². The van der Waals surface area contributed by atoms with Crippen molar-refractivity contribution >= 4 is 0 Å².